The number of methoxy groups -OCH3 is 2. The summed E-state index contributed by atoms with van der Waals surface area (Å²) in [6.07, 6.45) is 7.56. The van der Waals surface area contributed by atoms with Gasteiger partial charge in [-0.2, -0.15) is 10.2 Å². The highest BCUT2D eigenvalue weighted by Crippen LogP contribution is 2.45. The van der Waals surface area contributed by atoms with E-state index in [1.165, 1.54) is 0 Å². The maximum absolute atomic E-state index is 12.8. The van der Waals surface area contributed by atoms with Gasteiger partial charge in [0.15, 0.2) is 0 Å². The van der Waals surface area contributed by atoms with E-state index in [1.54, 1.807) is 26.0 Å². The van der Waals surface area contributed by atoms with Crippen LogP contribution in [0.3, 0.4) is 0 Å². The summed E-state index contributed by atoms with van der Waals surface area (Å²) in [5, 5.41) is 9.84. The molecule has 3 unspecified atom stereocenters. The van der Waals surface area contributed by atoms with Crippen molar-refractivity contribution in [2.24, 2.45) is 15.6 Å². The van der Waals surface area contributed by atoms with Crippen LogP contribution in [0, 0.1) is 5.41 Å². The lowest BCUT2D eigenvalue weighted by atomic mass is 9.78. The van der Waals surface area contributed by atoms with E-state index < -0.39 is 0 Å². The van der Waals surface area contributed by atoms with Crippen LogP contribution in [0.1, 0.15) is 73.1 Å². The van der Waals surface area contributed by atoms with Crippen LogP contribution in [0.4, 0.5) is 0 Å². The number of amides is 1. The van der Waals surface area contributed by atoms with Crippen LogP contribution in [-0.2, 0) is 19.0 Å². The minimum atomic E-state index is -0.254. The zero-order chi connectivity index (χ0) is 25.4. The third kappa shape index (κ3) is 8.09. The minimum Gasteiger partial charge on any atom is -0.488 e. The molecule has 0 saturated carbocycles. The summed E-state index contributed by atoms with van der Waals surface area (Å²) < 4.78 is 16.1. The average molecular weight is 496 g/mol. The maximum atomic E-state index is 12.8. The SMILES string of the molecule is C=C(OCC)SC(C)(C)C(CC(C)(C)C1=CC(CCCC(COC)OC)N=N1)N1CCCC1=O. The molecule has 2 aliphatic rings. The summed E-state index contributed by atoms with van der Waals surface area (Å²) in [4.78, 5) is 14.8. The number of thioether (sulfide) groups is 1. The third-order valence-corrected chi connectivity index (χ3v) is 7.89. The van der Waals surface area contributed by atoms with Crippen molar-refractivity contribution in [3.8, 4) is 0 Å². The summed E-state index contributed by atoms with van der Waals surface area (Å²) in [5.74, 6) is 0.236. The Morgan fingerprint density at radius 3 is 2.65 bits per heavy atom. The van der Waals surface area contributed by atoms with Gasteiger partial charge in [-0.1, -0.05) is 25.6 Å². The lowest BCUT2D eigenvalue weighted by Gasteiger charge is -2.43. The van der Waals surface area contributed by atoms with Gasteiger partial charge < -0.3 is 19.1 Å². The molecule has 0 radical (unpaired) electrons. The van der Waals surface area contributed by atoms with Gasteiger partial charge in [0.25, 0.3) is 0 Å². The van der Waals surface area contributed by atoms with E-state index in [4.69, 9.17) is 14.2 Å². The van der Waals surface area contributed by atoms with E-state index in [1.807, 2.05) is 6.92 Å². The zero-order valence-corrected chi connectivity index (χ0v) is 23.1. The predicted molar refractivity (Wildman–Crippen MR) is 139 cm³/mol. The second-order valence-electron chi connectivity index (χ2n) is 10.4. The molecule has 2 aliphatic heterocycles. The molecule has 1 fully saturated rings. The number of hydrogen-bond acceptors (Lipinski definition) is 7. The first-order chi connectivity index (χ1) is 16.0. The molecule has 0 aromatic carbocycles. The highest BCUT2D eigenvalue weighted by molar-refractivity contribution is 8.04. The van der Waals surface area contributed by atoms with Gasteiger partial charge in [-0.05, 0) is 65.5 Å². The molecule has 1 saturated heterocycles. The van der Waals surface area contributed by atoms with Gasteiger partial charge in [-0.15, -0.1) is 0 Å². The molecule has 8 heteroatoms. The molecule has 194 valence electrons. The second-order valence-corrected chi connectivity index (χ2v) is 12.1. The van der Waals surface area contributed by atoms with Crippen LogP contribution in [0.25, 0.3) is 0 Å². The molecule has 2 rings (SSSR count). The topological polar surface area (TPSA) is 72.7 Å². The lowest BCUT2D eigenvalue weighted by Crippen LogP contribution is -2.50. The molecule has 0 aliphatic carbocycles. The normalized spacial score (nSPS) is 20.6. The van der Waals surface area contributed by atoms with Crippen LogP contribution in [0.15, 0.2) is 33.7 Å². The number of carbonyl (C=O) groups excluding carboxylic acids is 1. The molecule has 0 bridgehead atoms. The monoisotopic (exact) mass is 495 g/mol. The van der Waals surface area contributed by atoms with Crippen molar-refractivity contribution in [2.45, 2.75) is 96.1 Å². The Morgan fingerprint density at radius 1 is 1.32 bits per heavy atom. The standard InChI is InChI=1S/C26H45N3O4S/c1-9-33-19(2)34-26(5,6)23(29-15-11-14-24(29)30)17-25(3,4)22-16-20(27-28-22)12-10-13-21(32-8)18-31-7/h16,20-21,23H,2,9-15,17-18H2,1,3-8H3. The predicted octanol–water partition coefficient (Wildman–Crippen LogP) is 5.96. The van der Waals surface area contributed by atoms with E-state index >= 15 is 0 Å². The Labute approximate surface area is 210 Å². The molecule has 1 amide bonds. The van der Waals surface area contributed by atoms with Crippen molar-refractivity contribution < 1.29 is 19.0 Å². The van der Waals surface area contributed by atoms with E-state index in [9.17, 15) is 4.79 Å². The van der Waals surface area contributed by atoms with Gasteiger partial charge in [-0.25, -0.2) is 0 Å². The number of likely N-dealkylation sites (tertiary alicyclic amines) is 1. The van der Waals surface area contributed by atoms with Crippen molar-refractivity contribution in [3.63, 3.8) is 0 Å². The quantitative estimate of drug-likeness (QED) is 0.247. The Bertz CT molecular complexity index is 750. The number of hydrogen-bond donors (Lipinski definition) is 0. The van der Waals surface area contributed by atoms with Gasteiger partial charge in [0.1, 0.15) is 5.09 Å². The van der Waals surface area contributed by atoms with Gasteiger partial charge in [0.05, 0.1) is 31.1 Å². The van der Waals surface area contributed by atoms with Crippen molar-refractivity contribution in [2.75, 3.05) is 34.0 Å². The molecular formula is C26H45N3O4S. The second kappa shape index (κ2) is 13.1. The van der Waals surface area contributed by atoms with Gasteiger partial charge >= 0.3 is 0 Å². The molecule has 7 nitrogen and oxygen atoms in total. The molecule has 0 N–H and O–H groups in total. The Balaban J connectivity index is 2.09. The maximum Gasteiger partial charge on any atom is 0.222 e. The molecule has 0 aromatic rings. The van der Waals surface area contributed by atoms with Crippen molar-refractivity contribution in [3.05, 3.63) is 23.4 Å². The highest BCUT2D eigenvalue weighted by atomic mass is 32.2. The number of azo groups is 1. The Morgan fingerprint density at radius 2 is 2.06 bits per heavy atom. The van der Waals surface area contributed by atoms with E-state index in [0.29, 0.717) is 24.7 Å². The lowest BCUT2D eigenvalue weighted by molar-refractivity contribution is -0.130. The highest BCUT2D eigenvalue weighted by Gasteiger charge is 2.44. The Hall–Kier alpha value is -1.38. The van der Waals surface area contributed by atoms with Crippen molar-refractivity contribution in [1.82, 2.24) is 4.90 Å². The van der Waals surface area contributed by atoms with Gasteiger partial charge in [0, 0.05) is 43.4 Å². The number of rotatable bonds is 16. The molecule has 2 heterocycles. The molecule has 34 heavy (non-hydrogen) atoms. The minimum absolute atomic E-state index is 0.0337. The summed E-state index contributed by atoms with van der Waals surface area (Å²) >= 11 is 1.62. The van der Waals surface area contributed by atoms with Crippen LogP contribution < -0.4 is 0 Å². The summed E-state index contributed by atoms with van der Waals surface area (Å²) in [7, 11) is 3.42. The van der Waals surface area contributed by atoms with Crippen LogP contribution in [0.2, 0.25) is 0 Å². The van der Waals surface area contributed by atoms with E-state index in [2.05, 4.69) is 55.5 Å². The van der Waals surface area contributed by atoms with E-state index in [-0.39, 0.29) is 34.3 Å². The number of allylic oxidation sites excluding steroid dienone is 1. The fourth-order valence-electron chi connectivity index (χ4n) is 4.77. The largest absolute Gasteiger partial charge is 0.488 e. The fourth-order valence-corrected chi connectivity index (χ4v) is 5.88. The summed E-state index contributed by atoms with van der Waals surface area (Å²) in [5.41, 5.74) is 0.792. The first kappa shape index (κ1) is 28.9. The molecule has 0 spiro atoms. The molecular weight excluding hydrogens is 450 g/mol. The van der Waals surface area contributed by atoms with Crippen LogP contribution >= 0.6 is 11.8 Å². The number of ether oxygens (including phenoxy) is 3. The van der Waals surface area contributed by atoms with Crippen molar-refractivity contribution >= 4 is 17.7 Å². The Kier molecular flexibility index (Phi) is 11.1. The molecule has 0 aromatic heterocycles. The summed E-state index contributed by atoms with van der Waals surface area (Å²) in [6.45, 7) is 16.8. The van der Waals surface area contributed by atoms with Crippen LogP contribution in [0.5, 0.6) is 0 Å². The number of nitrogens with zero attached hydrogens (tertiary/aromatic N) is 3. The van der Waals surface area contributed by atoms with Gasteiger partial charge in [0.2, 0.25) is 5.91 Å². The fraction of sp³-hybridized carbons (Fsp3) is 0.808. The molecule has 3 atom stereocenters. The van der Waals surface area contributed by atoms with Gasteiger partial charge in [-0.3, -0.25) is 4.79 Å². The zero-order valence-electron chi connectivity index (χ0n) is 22.3. The third-order valence-electron chi connectivity index (χ3n) is 6.74. The number of carbonyl (C=O) groups is 1. The summed E-state index contributed by atoms with van der Waals surface area (Å²) in [6, 6.07) is 0.132. The average Bonchev–Trinajstić information content (AvgIpc) is 3.40. The first-order valence-electron chi connectivity index (χ1n) is 12.5. The van der Waals surface area contributed by atoms with E-state index in [0.717, 1.165) is 44.3 Å². The van der Waals surface area contributed by atoms with Crippen molar-refractivity contribution in [1.29, 1.82) is 0 Å². The smallest absolute Gasteiger partial charge is 0.222 e. The van der Waals surface area contributed by atoms with Crippen LogP contribution in [-0.4, -0.2) is 67.7 Å². The first-order valence-corrected chi connectivity index (χ1v) is 13.3.